The third-order valence-electron chi connectivity index (χ3n) is 5.00. The fraction of sp³-hybridized carbons (Fsp3) is 0.409. The van der Waals surface area contributed by atoms with Gasteiger partial charge in [0.2, 0.25) is 5.91 Å². The van der Waals surface area contributed by atoms with Gasteiger partial charge in [0.15, 0.2) is 0 Å². The fourth-order valence-corrected chi connectivity index (χ4v) is 3.59. The summed E-state index contributed by atoms with van der Waals surface area (Å²) in [4.78, 5) is 14.8. The highest BCUT2D eigenvalue weighted by molar-refractivity contribution is 5.78. The first kappa shape index (κ1) is 18.6. The molecule has 0 aliphatic heterocycles. The summed E-state index contributed by atoms with van der Waals surface area (Å²) in [5.74, 6) is 0.109. The lowest BCUT2D eigenvalue weighted by atomic mass is 9.92. The van der Waals surface area contributed by atoms with Crippen LogP contribution in [0, 0.1) is 0 Å². The summed E-state index contributed by atoms with van der Waals surface area (Å²) >= 11 is 0. The highest BCUT2D eigenvalue weighted by atomic mass is 16.2. The molecule has 1 saturated carbocycles. The van der Waals surface area contributed by atoms with Crippen molar-refractivity contribution in [2.24, 2.45) is 5.73 Å². The largest absolute Gasteiger partial charge is 0.352 e. The predicted octanol–water partition coefficient (Wildman–Crippen LogP) is 3.07. The molecule has 4 nitrogen and oxygen atoms in total. The molecule has 138 valence electrons. The van der Waals surface area contributed by atoms with E-state index in [9.17, 15) is 4.79 Å². The van der Waals surface area contributed by atoms with Gasteiger partial charge in [-0.1, -0.05) is 60.7 Å². The van der Waals surface area contributed by atoms with E-state index in [1.54, 1.807) is 0 Å². The molecule has 0 aromatic heterocycles. The Bertz CT molecular complexity index is 625. The molecular weight excluding hydrogens is 322 g/mol. The molecule has 26 heavy (non-hydrogen) atoms. The van der Waals surface area contributed by atoms with Crippen LogP contribution in [-0.2, 0) is 17.9 Å². The number of hydrogen-bond acceptors (Lipinski definition) is 3. The molecule has 4 heteroatoms. The average Bonchev–Trinajstić information content (AvgIpc) is 2.65. The Morgan fingerprint density at radius 1 is 0.885 bits per heavy atom. The van der Waals surface area contributed by atoms with Crippen LogP contribution in [0.2, 0.25) is 0 Å². The van der Waals surface area contributed by atoms with Crippen molar-refractivity contribution in [2.75, 3.05) is 6.54 Å². The van der Waals surface area contributed by atoms with E-state index in [0.29, 0.717) is 12.6 Å². The topological polar surface area (TPSA) is 58.4 Å². The first-order valence-electron chi connectivity index (χ1n) is 9.54. The van der Waals surface area contributed by atoms with Crippen molar-refractivity contribution in [3.8, 4) is 0 Å². The third-order valence-corrected chi connectivity index (χ3v) is 5.00. The van der Waals surface area contributed by atoms with E-state index in [1.807, 2.05) is 36.4 Å². The predicted molar refractivity (Wildman–Crippen MR) is 105 cm³/mol. The molecule has 2 aromatic rings. The molecule has 1 aliphatic rings. The van der Waals surface area contributed by atoms with Crippen LogP contribution >= 0.6 is 0 Å². The van der Waals surface area contributed by atoms with E-state index in [1.165, 1.54) is 11.1 Å². The van der Waals surface area contributed by atoms with Gasteiger partial charge in [0.05, 0.1) is 6.54 Å². The van der Waals surface area contributed by atoms with Gasteiger partial charge in [-0.05, 0) is 36.8 Å². The summed E-state index contributed by atoms with van der Waals surface area (Å²) in [7, 11) is 0. The average molecular weight is 351 g/mol. The van der Waals surface area contributed by atoms with Gasteiger partial charge in [0.1, 0.15) is 0 Å². The van der Waals surface area contributed by atoms with Crippen molar-refractivity contribution in [3.63, 3.8) is 0 Å². The first-order valence-corrected chi connectivity index (χ1v) is 9.54. The Kier molecular flexibility index (Phi) is 6.81. The van der Waals surface area contributed by atoms with Crippen LogP contribution in [0.15, 0.2) is 60.7 Å². The Balaban J connectivity index is 1.59. The van der Waals surface area contributed by atoms with Crippen LogP contribution in [0.5, 0.6) is 0 Å². The second-order valence-electron chi connectivity index (χ2n) is 7.30. The molecule has 0 atom stereocenters. The van der Waals surface area contributed by atoms with Crippen LogP contribution in [0.25, 0.3) is 0 Å². The van der Waals surface area contributed by atoms with Crippen LogP contribution in [0.1, 0.15) is 36.8 Å². The molecule has 0 saturated heterocycles. The Hall–Kier alpha value is -2.17. The minimum atomic E-state index is 0.109. The quantitative estimate of drug-likeness (QED) is 0.806. The maximum Gasteiger partial charge on any atom is 0.234 e. The Morgan fingerprint density at radius 3 is 1.88 bits per heavy atom. The van der Waals surface area contributed by atoms with Gasteiger partial charge in [-0.3, -0.25) is 9.69 Å². The maximum absolute atomic E-state index is 12.6. The number of nitrogens with two attached hydrogens (primary N) is 1. The van der Waals surface area contributed by atoms with Crippen LogP contribution in [0.4, 0.5) is 0 Å². The lowest BCUT2D eigenvalue weighted by molar-refractivity contribution is -0.123. The number of carbonyl (C=O) groups excluding carboxylic acids is 1. The van der Waals surface area contributed by atoms with Crippen molar-refractivity contribution in [3.05, 3.63) is 71.8 Å². The molecular formula is C22H29N3O. The summed E-state index contributed by atoms with van der Waals surface area (Å²) < 4.78 is 0. The van der Waals surface area contributed by atoms with E-state index in [2.05, 4.69) is 34.5 Å². The minimum absolute atomic E-state index is 0.109. The number of carbonyl (C=O) groups is 1. The number of hydrogen-bond donors (Lipinski definition) is 2. The van der Waals surface area contributed by atoms with Crippen molar-refractivity contribution in [1.82, 2.24) is 10.2 Å². The number of amides is 1. The molecule has 0 unspecified atom stereocenters. The SMILES string of the molecule is NC1CCC(NC(=O)CN(Cc2ccccc2)Cc2ccccc2)CC1. The maximum atomic E-state index is 12.6. The monoisotopic (exact) mass is 351 g/mol. The van der Waals surface area contributed by atoms with E-state index >= 15 is 0 Å². The molecule has 1 aliphatic carbocycles. The number of benzene rings is 2. The molecule has 0 radical (unpaired) electrons. The van der Waals surface area contributed by atoms with E-state index < -0.39 is 0 Å². The van der Waals surface area contributed by atoms with Crippen LogP contribution in [-0.4, -0.2) is 29.4 Å². The molecule has 3 N–H and O–H groups in total. The molecule has 0 heterocycles. The lowest BCUT2D eigenvalue weighted by Crippen LogP contribution is -2.44. The Labute approximate surface area is 156 Å². The molecule has 1 amide bonds. The molecule has 1 fully saturated rings. The third kappa shape index (κ3) is 5.97. The summed E-state index contributed by atoms with van der Waals surface area (Å²) in [5, 5.41) is 3.21. The van der Waals surface area contributed by atoms with Gasteiger partial charge in [-0.2, -0.15) is 0 Å². The van der Waals surface area contributed by atoms with E-state index in [0.717, 1.165) is 38.8 Å². The summed E-state index contributed by atoms with van der Waals surface area (Å²) in [6.07, 6.45) is 3.99. The number of nitrogens with one attached hydrogen (secondary N) is 1. The van der Waals surface area contributed by atoms with Crippen molar-refractivity contribution < 1.29 is 4.79 Å². The molecule has 2 aromatic carbocycles. The van der Waals surface area contributed by atoms with E-state index in [-0.39, 0.29) is 11.9 Å². The van der Waals surface area contributed by atoms with Gasteiger partial charge in [0.25, 0.3) is 0 Å². The summed E-state index contributed by atoms with van der Waals surface area (Å²) in [5.41, 5.74) is 8.40. The van der Waals surface area contributed by atoms with Crippen molar-refractivity contribution in [2.45, 2.75) is 50.9 Å². The minimum Gasteiger partial charge on any atom is -0.352 e. The normalized spacial score (nSPS) is 20.1. The Morgan fingerprint density at radius 2 is 1.38 bits per heavy atom. The van der Waals surface area contributed by atoms with E-state index in [4.69, 9.17) is 5.73 Å². The number of rotatable bonds is 7. The zero-order valence-electron chi connectivity index (χ0n) is 15.3. The zero-order chi connectivity index (χ0) is 18.2. The second-order valence-corrected chi connectivity index (χ2v) is 7.30. The highest BCUT2D eigenvalue weighted by Crippen LogP contribution is 2.17. The van der Waals surface area contributed by atoms with Crippen molar-refractivity contribution in [1.29, 1.82) is 0 Å². The van der Waals surface area contributed by atoms with Gasteiger partial charge in [-0.15, -0.1) is 0 Å². The standard InChI is InChI=1S/C22H29N3O/c23-20-11-13-21(14-12-20)24-22(26)17-25(15-18-7-3-1-4-8-18)16-19-9-5-2-6-10-19/h1-10,20-21H,11-17,23H2,(H,24,26). The smallest absolute Gasteiger partial charge is 0.234 e. The molecule has 0 bridgehead atoms. The van der Waals surface area contributed by atoms with Crippen molar-refractivity contribution >= 4 is 5.91 Å². The fourth-order valence-electron chi connectivity index (χ4n) is 3.59. The van der Waals surface area contributed by atoms with Gasteiger partial charge in [0, 0.05) is 25.2 Å². The molecule has 0 spiro atoms. The summed E-state index contributed by atoms with van der Waals surface area (Å²) in [6, 6.07) is 21.2. The van der Waals surface area contributed by atoms with Gasteiger partial charge in [-0.25, -0.2) is 0 Å². The van der Waals surface area contributed by atoms with Gasteiger partial charge >= 0.3 is 0 Å². The second kappa shape index (κ2) is 9.51. The summed E-state index contributed by atoms with van der Waals surface area (Å²) in [6.45, 7) is 1.93. The first-order chi connectivity index (χ1) is 12.7. The molecule has 3 rings (SSSR count). The van der Waals surface area contributed by atoms with Crippen LogP contribution < -0.4 is 11.1 Å². The zero-order valence-corrected chi connectivity index (χ0v) is 15.3. The number of nitrogens with zero attached hydrogens (tertiary/aromatic N) is 1. The van der Waals surface area contributed by atoms with Crippen LogP contribution in [0.3, 0.4) is 0 Å². The lowest BCUT2D eigenvalue weighted by Gasteiger charge is -2.28. The van der Waals surface area contributed by atoms with Gasteiger partial charge < -0.3 is 11.1 Å². The highest BCUT2D eigenvalue weighted by Gasteiger charge is 2.21.